The number of para-hydroxylation sites is 2. The van der Waals surface area contributed by atoms with Crippen LogP contribution in [0.25, 0.3) is 66.3 Å². The van der Waals surface area contributed by atoms with Crippen molar-refractivity contribution in [2.45, 2.75) is 19.6 Å². The van der Waals surface area contributed by atoms with Crippen LogP contribution in [-0.4, -0.2) is 13.1 Å². The Hall–Kier alpha value is -4.15. The Kier molecular flexibility index (Phi) is 4.51. The van der Waals surface area contributed by atoms with Gasteiger partial charge in [-0.05, 0) is 35.0 Å². The fraction of sp³-hybridized carbons (Fsp3) is 0.0938. The largest absolute Gasteiger partial charge is 0.456 e. The molecule has 0 saturated carbocycles. The van der Waals surface area contributed by atoms with Gasteiger partial charge in [-0.15, -0.1) is 0 Å². The normalized spacial score (nSPS) is 12.3. The Bertz CT molecular complexity index is 1920. The summed E-state index contributed by atoms with van der Waals surface area (Å²) in [7, 11) is -1.86. The van der Waals surface area contributed by atoms with Crippen LogP contribution in [0.5, 0.6) is 0 Å². The van der Waals surface area contributed by atoms with Crippen molar-refractivity contribution in [2.75, 3.05) is 0 Å². The Morgan fingerprint density at radius 1 is 0.611 bits per heavy atom. The lowest BCUT2D eigenvalue weighted by Gasteiger charge is -2.20. The molecule has 0 radical (unpaired) electrons. The molecule has 36 heavy (non-hydrogen) atoms. The molecule has 4 aromatic carbocycles. The molecule has 0 fully saturated rings. The number of pyridine rings is 1. The van der Waals surface area contributed by atoms with Gasteiger partial charge in [0.2, 0.25) is 0 Å². The Morgan fingerprint density at radius 3 is 1.92 bits per heavy atom. The lowest BCUT2D eigenvalue weighted by atomic mass is 9.96. The first-order valence-electron chi connectivity index (χ1n) is 12.3. The van der Waals surface area contributed by atoms with Crippen molar-refractivity contribution in [3.05, 3.63) is 97.2 Å². The summed E-state index contributed by atoms with van der Waals surface area (Å²) in [6.07, 6.45) is 1.90. The number of nitrogens with zero attached hydrogens (tertiary/aromatic N) is 1. The molecule has 0 spiro atoms. The van der Waals surface area contributed by atoms with Crippen LogP contribution in [0.1, 0.15) is 0 Å². The Balaban J connectivity index is 1.71. The highest BCUT2D eigenvalue weighted by molar-refractivity contribution is 6.92. The summed E-state index contributed by atoms with van der Waals surface area (Å²) >= 11 is 0. The molecule has 0 unspecified atom stereocenters. The molecule has 7 rings (SSSR count). The van der Waals surface area contributed by atoms with Gasteiger partial charge < -0.3 is 8.83 Å². The van der Waals surface area contributed by atoms with Gasteiger partial charge in [-0.3, -0.25) is 4.98 Å². The fourth-order valence-electron chi connectivity index (χ4n) is 5.51. The van der Waals surface area contributed by atoms with Gasteiger partial charge >= 0.3 is 0 Å². The number of benzene rings is 4. The van der Waals surface area contributed by atoms with Crippen molar-refractivity contribution < 1.29 is 8.83 Å². The highest BCUT2D eigenvalue weighted by Gasteiger charge is 2.31. The van der Waals surface area contributed by atoms with Crippen LogP contribution in [0.2, 0.25) is 19.6 Å². The molecule has 7 aromatic rings. The average Bonchev–Trinajstić information content (AvgIpc) is 3.46. The van der Waals surface area contributed by atoms with Gasteiger partial charge in [0.1, 0.15) is 22.3 Å². The quantitative estimate of drug-likeness (QED) is 0.236. The van der Waals surface area contributed by atoms with Crippen LogP contribution in [0.15, 0.2) is 106 Å². The summed E-state index contributed by atoms with van der Waals surface area (Å²) in [4.78, 5) is 4.70. The summed E-state index contributed by atoms with van der Waals surface area (Å²) in [5.41, 5.74) is 7.90. The highest BCUT2D eigenvalue weighted by atomic mass is 28.3. The van der Waals surface area contributed by atoms with E-state index in [0.29, 0.717) is 0 Å². The molecule has 0 N–H and O–H groups in total. The molecule has 0 bridgehead atoms. The number of hydrogen-bond acceptors (Lipinski definition) is 3. The highest BCUT2D eigenvalue weighted by Crippen LogP contribution is 2.45. The maximum Gasteiger partial charge on any atom is 0.144 e. The standard InChI is InChI=1S/C32H25NO2Si/c1-36(2,3)32-29-23-14-8-10-16-26(23)34-30(29)27(28-22-13-7-9-15-25(22)35-31(28)32)21-17-18-33-24(19-21)20-11-5-4-6-12-20/h4-19H,1-3H3. The van der Waals surface area contributed by atoms with Crippen molar-refractivity contribution >= 4 is 57.1 Å². The molecule has 174 valence electrons. The maximum atomic E-state index is 6.71. The van der Waals surface area contributed by atoms with Gasteiger partial charge in [0.25, 0.3) is 0 Å². The summed E-state index contributed by atoms with van der Waals surface area (Å²) in [6.45, 7) is 7.15. The zero-order chi connectivity index (χ0) is 24.4. The Morgan fingerprint density at radius 2 is 1.22 bits per heavy atom. The topological polar surface area (TPSA) is 39.2 Å². The van der Waals surface area contributed by atoms with Gasteiger partial charge in [0.15, 0.2) is 0 Å². The van der Waals surface area contributed by atoms with Gasteiger partial charge in [0, 0.05) is 38.9 Å². The van der Waals surface area contributed by atoms with E-state index >= 15 is 0 Å². The first-order chi connectivity index (χ1) is 17.5. The van der Waals surface area contributed by atoms with Crippen LogP contribution in [0, 0.1) is 0 Å². The molecule has 3 heterocycles. The number of fused-ring (bicyclic) bond motifs is 6. The van der Waals surface area contributed by atoms with Crippen LogP contribution >= 0.6 is 0 Å². The predicted octanol–water partition coefficient (Wildman–Crippen LogP) is 8.76. The van der Waals surface area contributed by atoms with Gasteiger partial charge in [-0.1, -0.05) is 86.4 Å². The molecule has 3 nitrogen and oxygen atoms in total. The van der Waals surface area contributed by atoms with E-state index in [1.54, 1.807) is 0 Å². The number of rotatable bonds is 3. The second-order valence-corrected chi connectivity index (χ2v) is 15.4. The Labute approximate surface area is 210 Å². The zero-order valence-corrected chi connectivity index (χ0v) is 21.5. The molecule has 0 saturated heterocycles. The second-order valence-electron chi connectivity index (χ2n) is 10.4. The maximum absolute atomic E-state index is 6.71. The summed E-state index contributed by atoms with van der Waals surface area (Å²) in [5.74, 6) is 0. The number of aromatic nitrogens is 1. The van der Waals surface area contributed by atoms with Crippen LogP contribution in [0.4, 0.5) is 0 Å². The first-order valence-corrected chi connectivity index (χ1v) is 15.8. The molecule has 0 aliphatic rings. The van der Waals surface area contributed by atoms with E-state index in [4.69, 9.17) is 13.8 Å². The number of hydrogen-bond donors (Lipinski definition) is 0. The summed E-state index contributed by atoms with van der Waals surface area (Å²) in [5, 5.41) is 5.88. The molecule has 0 atom stereocenters. The summed E-state index contributed by atoms with van der Waals surface area (Å²) < 4.78 is 13.4. The van der Waals surface area contributed by atoms with Gasteiger partial charge in [-0.2, -0.15) is 0 Å². The van der Waals surface area contributed by atoms with Crippen LogP contribution in [0.3, 0.4) is 0 Å². The van der Waals surface area contributed by atoms with E-state index in [0.717, 1.165) is 60.9 Å². The van der Waals surface area contributed by atoms with Gasteiger partial charge in [-0.25, -0.2) is 0 Å². The van der Waals surface area contributed by atoms with Gasteiger partial charge in [0.05, 0.1) is 13.8 Å². The molecular formula is C32H25NO2Si. The van der Waals surface area contributed by atoms with Crippen LogP contribution in [-0.2, 0) is 0 Å². The van der Waals surface area contributed by atoms with E-state index in [2.05, 4.69) is 80.3 Å². The van der Waals surface area contributed by atoms with Crippen molar-refractivity contribution in [2.24, 2.45) is 0 Å². The second kappa shape index (κ2) is 7.67. The third kappa shape index (κ3) is 3.08. The van der Waals surface area contributed by atoms with E-state index in [1.807, 2.05) is 36.5 Å². The predicted molar refractivity (Wildman–Crippen MR) is 153 cm³/mol. The van der Waals surface area contributed by atoms with Crippen molar-refractivity contribution in [3.63, 3.8) is 0 Å². The lowest BCUT2D eigenvalue weighted by Crippen LogP contribution is -2.38. The molecule has 3 aromatic heterocycles. The molecule has 0 aliphatic heterocycles. The third-order valence-corrected chi connectivity index (χ3v) is 8.99. The van der Waals surface area contributed by atoms with E-state index in [1.165, 1.54) is 10.6 Å². The monoisotopic (exact) mass is 483 g/mol. The lowest BCUT2D eigenvalue weighted by molar-refractivity contribution is 0.666. The minimum Gasteiger partial charge on any atom is -0.456 e. The van der Waals surface area contributed by atoms with Crippen molar-refractivity contribution in [1.82, 2.24) is 4.98 Å². The van der Waals surface area contributed by atoms with Crippen LogP contribution < -0.4 is 5.19 Å². The zero-order valence-electron chi connectivity index (χ0n) is 20.5. The molecule has 0 aliphatic carbocycles. The summed E-state index contributed by atoms with van der Waals surface area (Å²) in [6, 6.07) is 31.3. The molecule has 0 amide bonds. The average molecular weight is 484 g/mol. The minimum absolute atomic E-state index is 0.905. The van der Waals surface area contributed by atoms with Crippen molar-refractivity contribution in [1.29, 1.82) is 0 Å². The van der Waals surface area contributed by atoms with E-state index in [9.17, 15) is 0 Å². The SMILES string of the molecule is C[Si](C)(C)c1c2oc3ccccc3c2c(-c2ccnc(-c3ccccc3)c2)c2oc3ccccc3c12. The fourth-order valence-corrected chi connectivity index (χ4v) is 7.37. The van der Waals surface area contributed by atoms with E-state index in [-0.39, 0.29) is 0 Å². The molecular weight excluding hydrogens is 458 g/mol. The first kappa shape index (κ1) is 21.2. The van der Waals surface area contributed by atoms with E-state index < -0.39 is 8.07 Å². The minimum atomic E-state index is -1.86. The molecule has 4 heteroatoms. The van der Waals surface area contributed by atoms with Crippen molar-refractivity contribution in [3.8, 4) is 22.4 Å². The third-order valence-electron chi connectivity index (χ3n) is 7.01. The number of furan rings is 2. The smallest absolute Gasteiger partial charge is 0.144 e.